The zero-order valence-corrected chi connectivity index (χ0v) is 10.6. The zero-order valence-electron chi connectivity index (χ0n) is 8.22. The Morgan fingerprint density at radius 3 is 2.64 bits per heavy atom. The summed E-state index contributed by atoms with van der Waals surface area (Å²) in [6.07, 6.45) is 4.14. The summed E-state index contributed by atoms with van der Waals surface area (Å²) in [4.78, 5) is 1.33. The molecule has 1 rings (SSSR count). The summed E-state index contributed by atoms with van der Waals surface area (Å²) in [6, 6.07) is 6.30. The van der Waals surface area contributed by atoms with Crippen LogP contribution in [0.4, 0.5) is 0 Å². The van der Waals surface area contributed by atoms with E-state index in [1.54, 1.807) is 11.8 Å². The minimum absolute atomic E-state index is 0.589. The number of benzene rings is 1. The fraction of sp³-hybridized carbons (Fsp3) is 0.455. The van der Waals surface area contributed by atoms with Crippen LogP contribution in [0.2, 0.25) is 0 Å². The van der Waals surface area contributed by atoms with Crippen LogP contribution in [0, 0.1) is 0 Å². The summed E-state index contributed by atoms with van der Waals surface area (Å²) < 4.78 is 0. The number of halogens is 2. The molecule has 0 radical (unpaired) electrons. The minimum atomic E-state index is 0.589. The number of alkyl halides is 2. The molecule has 1 aromatic rings. The van der Waals surface area contributed by atoms with E-state index in [0.717, 1.165) is 12.8 Å². The molecule has 0 aliphatic carbocycles. The van der Waals surface area contributed by atoms with Crippen LogP contribution in [-0.2, 0) is 12.3 Å². The Morgan fingerprint density at radius 2 is 2.07 bits per heavy atom. The lowest BCUT2D eigenvalue weighted by Crippen LogP contribution is -1.95. The molecule has 0 saturated carbocycles. The largest absolute Gasteiger partial charge is 0.129 e. The third-order valence-electron chi connectivity index (χ3n) is 2.15. The highest BCUT2D eigenvalue weighted by Crippen LogP contribution is 2.26. The highest BCUT2D eigenvalue weighted by atomic mass is 35.5. The molecule has 0 bridgehead atoms. The van der Waals surface area contributed by atoms with E-state index in [-0.39, 0.29) is 0 Å². The van der Waals surface area contributed by atoms with E-state index in [1.165, 1.54) is 16.0 Å². The molecule has 0 N–H and O–H groups in total. The number of hydrogen-bond acceptors (Lipinski definition) is 1. The van der Waals surface area contributed by atoms with Crippen molar-refractivity contribution in [1.82, 2.24) is 0 Å². The number of thioether (sulfide) groups is 1. The smallest absolute Gasteiger partial charge is 0.0477 e. The average molecular weight is 249 g/mol. The van der Waals surface area contributed by atoms with E-state index in [4.69, 9.17) is 23.2 Å². The molecular formula is C11H14Cl2S. The Morgan fingerprint density at radius 1 is 1.29 bits per heavy atom. The van der Waals surface area contributed by atoms with E-state index in [9.17, 15) is 0 Å². The molecule has 0 aromatic heterocycles. The van der Waals surface area contributed by atoms with Crippen LogP contribution in [0.15, 0.2) is 23.1 Å². The van der Waals surface area contributed by atoms with Crippen molar-refractivity contribution in [2.24, 2.45) is 0 Å². The maximum absolute atomic E-state index is 5.90. The lowest BCUT2D eigenvalue weighted by atomic mass is 10.0. The van der Waals surface area contributed by atoms with Crippen molar-refractivity contribution in [3.63, 3.8) is 0 Å². The maximum atomic E-state index is 5.90. The van der Waals surface area contributed by atoms with Crippen molar-refractivity contribution in [3.8, 4) is 0 Å². The Bertz CT molecular complexity index is 264. The molecule has 0 aliphatic heterocycles. The molecule has 0 heterocycles. The summed E-state index contributed by atoms with van der Waals surface area (Å²) in [5, 5.41) is 0. The molecule has 0 aliphatic rings. The first kappa shape index (κ1) is 12.2. The predicted molar refractivity (Wildman–Crippen MR) is 66.8 cm³/mol. The molecular weight excluding hydrogens is 235 g/mol. The van der Waals surface area contributed by atoms with Gasteiger partial charge < -0.3 is 0 Å². The lowest BCUT2D eigenvalue weighted by Gasteiger charge is -2.10. The van der Waals surface area contributed by atoms with Gasteiger partial charge in [-0.15, -0.1) is 35.0 Å². The molecule has 0 nitrogen and oxygen atoms in total. The fourth-order valence-corrected chi connectivity index (χ4v) is 2.53. The van der Waals surface area contributed by atoms with Gasteiger partial charge in [-0.05, 0) is 36.3 Å². The van der Waals surface area contributed by atoms with Gasteiger partial charge in [-0.25, -0.2) is 0 Å². The first-order valence-corrected chi connectivity index (χ1v) is 6.89. The molecule has 1 aromatic carbocycles. The van der Waals surface area contributed by atoms with Gasteiger partial charge in [-0.2, -0.15) is 0 Å². The Kier molecular flexibility index (Phi) is 5.76. The van der Waals surface area contributed by atoms with Crippen molar-refractivity contribution in [3.05, 3.63) is 29.3 Å². The van der Waals surface area contributed by atoms with Crippen LogP contribution < -0.4 is 0 Å². The quantitative estimate of drug-likeness (QED) is 0.553. The summed E-state index contributed by atoms with van der Waals surface area (Å²) in [7, 11) is 0. The minimum Gasteiger partial charge on any atom is -0.129 e. The monoisotopic (exact) mass is 248 g/mol. The van der Waals surface area contributed by atoms with Crippen LogP contribution in [0.3, 0.4) is 0 Å². The third kappa shape index (κ3) is 3.08. The van der Waals surface area contributed by atoms with Gasteiger partial charge in [-0.3, -0.25) is 0 Å². The molecule has 0 unspecified atom stereocenters. The van der Waals surface area contributed by atoms with Gasteiger partial charge in [0.1, 0.15) is 0 Å². The van der Waals surface area contributed by atoms with Crippen molar-refractivity contribution < 1.29 is 0 Å². The van der Waals surface area contributed by atoms with Gasteiger partial charge in [0, 0.05) is 16.7 Å². The topological polar surface area (TPSA) is 0 Å². The molecule has 0 atom stereocenters. The van der Waals surface area contributed by atoms with Gasteiger partial charge in [0.25, 0.3) is 0 Å². The molecule has 0 fully saturated rings. The third-order valence-corrected chi connectivity index (χ3v) is 3.53. The Balaban J connectivity index is 2.93. The second-order valence-electron chi connectivity index (χ2n) is 3.02. The van der Waals surface area contributed by atoms with Gasteiger partial charge in [0.2, 0.25) is 0 Å². The van der Waals surface area contributed by atoms with Crippen LogP contribution in [0.1, 0.15) is 17.5 Å². The van der Waals surface area contributed by atoms with E-state index in [0.29, 0.717) is 11.8 Å². The molecule has 0 amide bonds. The average Bonchev–Trinajstić information content (AvgIpc) is 2.25. The SMILES string of the molecule is CSc1cccc(CCl)c1CCCCl. The predicted octanol–water partition coefficient (Wildman–Crippen LogP) is 4.32. The summed E-state index contributed by atoms with van der Waals surface area (Å²) in [5.74, 6) is 1.30. The highest BCUT2D eigenvalue weighted by molar-refractivity contribution is 7.98. The normalized spacial score (nSPS) is 10.5. The Hall–Kier alpha value is 0.150. The second-order valence-corrected chi connectivity index (χ2v) is 4.52. The number of rotatable bonds is 5. The van der Waals surface area contributed by atoms with Crippen molar-refractivity contribution in [2.45, 2.75) is 23.6 Å². The summed E-state index contributed by atoms with van der Waals surface area (Å²) in [5.41, 5.74) is 2.61. The van der Waals surface area contributed by atoms with Crippen LogP contribution >= 0.6 is 35.0 Å². The van der Waals surface area contributed by atoms with Crippen molar-refractivity contribution in [2.75, 3.05) is 12.1 Å². The first-order chi connectivity index (χ1) is 6.83. The van der Waals surface area contributed by atoms with Crippen LogP contribution in [-0.4, -0.2) is 12.1 Å². The first-order valence-electron chi connectivity index (χ1n) is 4.60. The maximum Gasteiger partial charge on any atom is 0.0477 e. The van der Waals surface area contributed by atoms with Crippen molar-refractivity contribution >= 4 is 35.0 Å². The zero-order chi connectivity index (χ0) is 10.4. The molecule has 78 valence electrons. The van der Waals surface area contributed by atoms with Gasteiger partial charge >= 0.3 is 0 Å². The highest BCUT2D eigenvalue weighted by Gasteiger charge is 2.06. The summed E-state index contributed by atoms with van der Waals surface area (Å²) in [6.45, 7) is 0. The second kappa shape index (κ2) is 6.60. The van der Waals surface area contributed by atoms with E-state index < -0.39 is 0 Å². The van der Waals surface area contributed by atoms with Gasteiger partial charge in [0.15, 0.2) is 0 Å². The van der Waals surface area contributed by atoms with E-state index in [2.05, 4.69) is 24.5 Å². The van der Waals surface area contributed by atoms with Crippen LogP contribution in [0.25, 0.3) is 0 Å². The molecule has 3 heteroatoms. The van der Waals surface area contributed by atoms with Gasteiger partial charge in [0.05, 0.1) is 0 Å². The lowest BCUT2D eigenvalue weighted by molar-refractivity contribution is 0.894. The van der Waals surface area contributed by atoms with Crippen LogP contribution in [0.5, 0.6) is 0 Å². The molecule has 0 saturated heterocycles. The number of hydrogen-bond donors (Lipinski definition) is 0. The van der Waals surface area contributed by atoms with E-state index in [1.807, 2.05) is 0 Å². The van der Waals surface area contributed by atoms with Gasteiger partial charge in [-0.1, -0.05) is 12.1 Å². The van der Waals surface area contributed by atoms with Crippen molar-refractivity contribution in [1.29, 1.82) is 0 Å². The molecule has 0 spiro atoms. The van der Waals surface area contributed by atoms with E-state index >= 15 is 0 Å². The summed E-state index contributed by atoms with van der Waals surface area (Å²) >= 11 is 13.4. The fourth-order valence-electron chi connectivity index (χ4n) is 1.45. The Labute approximate surface area is 100.0 Å². The standard InChI is InChI=1S/C11H14Cl2S/c1-14-11-6-2-4-9(8-13)10(11)5-3-7-12/h2,4,6H,3,5,7-8H2,1H3. The molecule has 14 heavy (non-hydrogen) atoms.